The molecule has 3 heterocycles. The number of amides is 1. The van der Waals surface area contributed by atoms with Gasteiger partial charge in [0.2, 0.25) is 0 Å². The second-order valence-electron chi connectivity index (χ2n) is 6.92. The van der Waals surface area contributed by atoms with E-state index in [2.05, 4.69) is 15.1 Å². The van der Waals surface area contributed by atoms with Crippen LogP contribution in [0.4, 0.5) is 26.3 Å². The largest absolute Gasteiger partial charge is 0.435 e. The Morgan fingerprint density at radius 2 is 1.72 bits per heavy atom. The van der Waals surface area contributed by atoms with Crippen molar-refractivity contribution >= 4 is 17.2 Å². The van der Waals surface area contributed by atoms with Crippen molar-refractivity contribution in [3.63, 3.8) is 0 Å². The maximum atomic E-state index is 12.6. The molecule has 0 atom stereocenters. The summed E-state index contributed by atoms with van der Waals surface area (Å²) in [5, 5.41) is 3.76. The van der Waals surface area contributed by atoms with E-state index < -0.39 is 29.6 Å². The van der Waals surface area contributed by atoms with E-state index >= 15 is 0 Å². The van der Waals surface area contributed by atoms with Gasteiger partial charge in [0.1, 0.15) is 16.4 Å². The van der Waals surface area contributed by atoms with Gasteiger partial charge in [-0.05, 0) is 37.8 Å². The summed E-state index contributed by atoms with van der Waals surface area (Å²) in [4.78, 5) is 19.6. The number of thiazole rings is 1. The van der Waals surface area contributed by atoms with E-state index in [9.17, 15) is 31.1 Å². The number of aromatic nitrogens is 4. The minimum Gasteiger partial charge on any atom is -0.364 e. The van der Waals surface area contributed by atoms with Gasteiger partial charge in [-0.25, -0.2) is 4.98 Å². The normalized spacial score (nSPS) is 13.8. The molecular weight excluding hydrogens is 460 g/mol. The number of nitrogens with two attached hydrogens (primary N) is 1. The van der Waals surface area contributed by atoms with E-state index in [1.165, 1.54) is 29.5 Å². The average Bonchev–Trinajstić information content (AvgIpc) is 3.31. The zero-order valence-electron chi connectivity index (χ0n) is 16.6. The molecule has 6 nitrogen and oxygen atoms in total. The second-order valence-corrected chi connectivity index (χ2v) is 8.01. The zero-order valence-corrected chi connectivity index (χ0v) is 17.4. The number of carbonyl (C=O) groups excluding carboxylic acids is 1. The Kier molecular flexibility index (Phi) is 6.58. The van der Waals surface area contributed by atoms with Crippen molar-refractivity contribution in [3.8, 4) is 10.6 Å². The Hall–Kier alpha value is -2.96. The van der Waals surface area contributed by atoms with Gasteiger partial charge in [0, 0.05) is 29.8 Å². The van der Waals surface area contributed by atoms with Crippen LogP contribution in [0, 0.1) is 0 Å². The van der Waals surface area contributed by atoms with Crippen LogP contribution >= 0.6 is 11.3 Å². The molecular formula is C19H17F6N5OS. The maximum absolute atomic E-state index is 12.6. The first kappa shape index (κ1) is 23.7. The third-order valence-electron chi connectivity index (χ3n) is 4.57. The van der Waals surface area contributed by atoms with Crippen LogP contribution in [0.15, 0.2) is 24.4 Å². The predicted molar refractivity (Wildman–Crippen MR) is 104 cm³/mol. The van der Waals surface area contributed by atoms with E-state index in [0.29, 0.717) is 16.6 Å². The molecule has 0 saturated carbocycles. The molecule has 1 aliphatic rings. The lowest BCUT2D eigenvalue weighted by molar-refractivity contribution is -0.142. The molecule has 4 rings (SSSR count). The summed E-state index contributed by atoms with van der Waals surface area (Å²) in [5.41, 5.74) is 4.10. The summed E-state index contributed by atoms with van der Waals surface area (Å²) >= 11 is 1.50. The molecule has 13 heteroatoms. The number of hydrogen-bond donors (Lipinski definition) is 1. The SMILES string of the molecule is Cn1nc(C(F)(F)F)cc1C(N)=O.FC(F)(F)c1cc(-c2nc3c(s2)CCCC3)ccn1. The number of fused-ring (bicyclic) bond motifs is 1. The van der Waals surface area contributed by atoms with E-state index in [-0.39, 0.29) is 5.69 Å². The molecule has 3 aromatic heterocycles. The van der Waals surface area contributed by atoms with Crippen LogP contribution in [0.3, 0.4) is 0 Å². The summed E-state index contributed by atoms with van der Waals surface area (Å²) < 4.78 is 74.7. The van der Waals surface area contributed by atoms with E-state index in [4.69, 9.17) is 5.73 Å². The van der Waals surface area contributed by atoms with Crippen molar-refractivity contribution in [2.24, 2.45) is 12.8 Å². The molecule has 0 bridgehead atoms. The third kappa shape index (κ3) is 5.44. The van der Waals surface area contributed by atoms with Crippen LogP contribution < -0.4 is 5.73 Å². The first-order valence-corrected chi connectivity index (χ1v) is 10.1. The predicted octanol–water partition coefficient (Wildman–Crippen LogP) is 4.64. The Bertz CT molecular complexity index is 1090. The van der Waals surface area contributed by atoms with Crippen LogP contribution in [-0.4, -0.2) is 25.7 Å². The zero-order chi connectivity index (χ0) is 23.7. The lowest BCUT2D eigenvalue weighted by Crippen LogP contribution is -2.15. The summed E-state index contributed by atoms with van der Waals surface area (Å²) in [7, 11) is 1.22. The van der Waals surface area contributed by atoms with Crippen LogP contribution in [-0.2, 0) is 32.2 Å². The highest BCUT2D eigenvalue weighted by Gasteiger charge is 2.35. The number of carbonyl (C=O) groups is 1. The number of rotatable bonds is 2. The molecule has 2 N–H and O–H groups in total. The van der Waals surface area contributed by atoms with Crippen molar-refractivity contribution in [1.29, 1.82) is 0 Å². The first-order chi connectivity index (χ1) is 14.9. The lowest BCUT2D eigenvalue weighted by atomic mass is 10.0. The average molecular weight is 477 g/mol. The van der Waals surface area contributed by atoms with Crippen molar-refractivity contribution in [1.82, 2.24) is 19.7 Å². The molecule has 1 amide bonds. The molecule has 0 radical (unpaired) electrons. The molecule has 0 fully saturated rings. The molecule has 0 unspecified atom stereocenters. The maximum Gasteiger partial charge on any atom is 0.435 e. The fraction of sp³-hybridized carbons (Fsp3) is 0.368. The Labute approximate surface area is 182 Å². The van der Waals surface area contributed by atoms with Gasteiger partial charge in [-0.3, -0.25) is 14.5 Å². The number of hydrogen-bond acceptors (Lipinski definition) is 5. The number of pyridine rings is 1. The highest BCUT2D eigenvalue weighted by atomic mass is 32.1. The van der Waals surface area contributed by atoms with E-state index in [0.717, 1.165) is 42.1 Å². The van der Waals surface area contributed by atoms with Crippen molar-refractivity contribution < 1.29 is 31.1 Å². The monoisotopic (exact) mass is 477 g/mol. The Morgan fingerprint density at radius 3 is 2.25 bits per heavy atom. The smallest absolute Gasteiger partial charge is 0.364 e. The molecule has 0 saturated heterocycles. The number of primary amides is 1. The Balaban J connectivity index is 0.000000195. The van der Waals surface area contributed by atoms with Crippen molar-refractivity contribution in [2.75, 3.05) is 0 Å². The second kappa shape index (κ2) is 8.88. The summed E-state index contributed by atoms with van der Waals surface area (Å²) in [6.07, 6.45) is -3.59. The van der Waals surface area contributed by atoms with Gasteiger partial charge in [0.05, 0.1) is 5.69 Å². The summed E-state index contributed by atoms with van der Waals surface area (Å²) in [5.74, 6) is -0.939. The van der Waals surface area contributed by atoms with Crippen molar-refractivity contribution in [3.05, 3.63) is 52.0 Å². The number of halogens is 6. The van der Waals surface area contributed by atoms with E-state index in [1.807, 2.05) is 0 Å². The topological polar surface area (TPSA) is 86.7 Å². The van der Waals surface area contributed by atoms with Crippen LogP contribution in [0.5, 0.6) is 0 Å². The minimum atomic E-state index is -4.55. The fourth-order valence-electron chi connectivity index (χ4n) is 3.03. The quantitative estimate of drug-likeness (QED) is 0.545. The fourth-order valence-corrected chi connectivity index (χ4v) is 4.18. The number of aryl methyl sites for hydroxylation is 3. The highest BCUT2D eigenvalue weighted by molar-refractivity contribution is 7.15. The molecule has 0 aromatic carbocycles. The molecule has 172 valence electrons. The van der Waals surface area contributed by atoms with Gasteiger partial charge in [-0.1, -0.05) is 0 Å². The van der Waals surface area contributed by atoms with E-state index in [1.54, 1.807) is 6.07 Å². The van der Waals surface area contributed by atoms with Gasteiger partial charge in [0.25, 0.3) is 5.91 Å². The molecule has 1 aliphatic carbocycles. The molecule has 3 aromatic rings. The summed E-state index contributed by atoms with van der Waals surface area (Å²) in [6.45, 7) is 0. The molecule has 0 spiro atoms. The lowest BCUT2D eigenvalue weighted by Gasteiger charge is -2.06. The number of nitrogens with zero attached hydrogens (tertiary/aromatic N) is 4. The standard InChI is InChI=1S/C13H11F3N2S.C6H6F3N3O/c14-13(15,16)11-7-8(5-6-17-11)12-18-9-3-1-2-4-10(9)19-12;1-12-3(5(10)13)2-4(11-12)6(7,8)9/h5-7H,1-4H2;2H,1H3,(H2,10,13). The van der Waals surface area contributed by atoms with Gasteiger partial charge in [-0.15, -0.1) is 11.3 Å². The molecule has 0 aliphatic heterocycles. The van der Waals surface area contributed by atoms with Gasteiger partial charge in [0.15, 0.2) is 5.69 Å². The Morgan fingerprint density at radius 1 is 1.06 bits per heavy atom. The molecule has 32 heavy (non-hydrogen) atoms. The van der Waals surface area contributed by atoms with Gasteiger partial charge >= 0.3 is 12.4 Å². The highest BCUT2D eigenvalue weighted by Crippen LogP contribution is 2.35. The minimum absolute atomic E-state index is 0.271. The van der Waals surface area contributed by atoms with Crippen LogP contribution in [0.1, 0.15) is 45.3 Å². The van der Waals surface area contributed by atoms with Crippen molar-refractivity contribution in [2.45, 2.75) is 38.0 Å². The van der Waals surface area contributed by atoms with Crippen LogP contribution in [0.25, 0.3) is 10.6 Å². The number of alkyl halides is 6. The third-order valence-corrected chi connectivity index (χ3v) is 5.77. The summed E-state index contributed by atoms with van der Waals surface area (Å²) in [6, 6.07) is 3.27. The van der Waals surface area contributed by atoms with Crippen LogP contribution in [0.2, 0.25) is 0 Å². The van der Waals surface area contributed by atoms with Gasteiger partial charge in [-0.2, -0.15) is 31.4 Å². The van der Waals surface area contributed by atoms with Gasteiger partial charge < -0.3 is 5.73 Å². The first-order valence-electron chi connectivity index (χ1n) is 9.29.